The minimum atomic E-state index is -0.184. The van der Waals surface area contributed by atoms with E-state index in [1.807, 2.05) is 91.9 Å². The number of rotatable bonds is 9. The highest BCUT2D eigenvalue weighted by Crippen LogP contribution is 2.33. The number of anilines is 1. The van der Waals surface area contributed by atoms with Crippen LogP contribution in [0.2, 0.25) is 0 Å². The molecule has 0 saturated carbocycles. The number of ether oxygens (including phenoxy) is 2. The van der Waals surface area contributed by atoms with E-state index in [1.165, 1.54) is 0 Å². The number of carbonyl (C=O) groups is 1. The van der Waals surface area contributed by atoms with E-state index in [2.05, 4.69) is 29.6 Å². The summed E-state index contributed by atoms with van der Waals surface area (Å²) in [6.07, 6.45) is 0. The van der Waals surface area contributed by atoms with Crippen molar-refractivity contribution in [1.29, 1.82) is 0 Å². The highest BCUT2D eigenvalue weighted by molar-refractivity contribution is 7.99. The van der Waals surface area contributed by atoms with Gasteiger partial charge in [0.05, 0.1) is 12.3 Å². The van der Waals surface area contributed by atoms with E-state index in [-0.39, 0.29) is 12.5 Å². The second kappa shape index (κ2) is 11.7. The molecule has 4 nitrogen and oxygen atoms in total. The summed E-state index contributed by atoms with van der Waals surface area (Å²) in [5, 5.41) is 5.36. The molecule has 0 bridgehead atoms. The fourth-order valence-corrected chi connectivity index (χ4v) is 4.94. The van der Waals surface area contributed by atoms with E-state index in [9.17, 15) is 4.79 Å². The molecule has 0 aliphatic heterocycles. The van der Waals surface area contributed by atoms with Crippen molar-refractivity contribution in [2.75, 3.05) is 11.9 Å². The summed E-state index contributed by atoms with van der Waals surface area (Å²) in [6, 6.07) is 37.6. The molecular formula is C32H27NO3S. The summed E-state index contributed by atoms with van der Waals surface area (Å²) in [5.74, 6) is 1.29. The lowest BCUT2D eigenvalue weighted by atomic mass is 10.1. The topological polar surface area (TPSA) is 47.6 Å². The molecule has 0 radical (unpaired) electrons. The lowest BCUT2D eigenvalue weighted by Crippen LogP contribution is -2.13. The minimum absolute atomic E-state index is 0.184. The number of hydrogen-bond donors (Lipinski definition) is 1. The molecule has 0 atom stereocenters. The highest BCUT2D eigenvalue weighted by atomic mass is 32.2. The van der Waals surface area contributed by atoms with Gasteiger partial charge in [0.2, 0.25) is 0 Å². The van der Waals surface area contributed by atoms with Crippen molar-refractivity contribution in [3.63, 3.8) is 0 Å². The van der Waals surface area contributed by atoms with Gasteiger partial charge in [0, 0.05) is 20.9 Å². The number of carbonyl (C=O) groups excluding carboxylic acids is 1. The molecule has 5 rings (SSSR count). The van der Waals surface area contributed by atoms with Gasteiger partial charge in [0.1, 0.15) is 18.1 Å². The standard InChI is InChI=1S/C32H27NO3S/c1-2-35-30-19-17-25(20-26(30)22-36-27-18-16-23-10-6-7-11-24(23)21-27)32(34)33-29-14-8-9-15-31(29)37-28-12-4-3-5-13-28/h3-21H,2,22H2,1H3,(H,33,34). The largest absolute Gasteiger partial charge is 0.493 e. The fraction of sp³-hybridized carbons (Fsp3) is 0.0938. The smallest absolute Gasteiger partial charge is 0.255 e. The van der Waals surface area contributed by atoms with Gasteiger partial charge in [0.25, 0.3) is 5.91 Å². The molecule has 5 heteroatoms. The van der Waals surface area contributed by atoms with Crippen molar-refractivity contribution >= 4 is 34.1 Å². The zero-order valence-electron chi connectivity index (χ0n) is 20.5. The Hall–Kier alpha value is -4.22. The van der Waals surface area contributed by atoms with Crippen LogP contribution in [0.4, 0.5) is 5.69 Å². The number of benzene rings is 5. The van der Waals surface area contributed by atoms with Gasteiger partial charge < -0.3 is 14.8 Å². The van der Waals surface area contributed by atoms with Crippen molar-refractivity contribution in [3.05, 3.63) is 126 Å². The van der Waals surface area contributed by atoms with Gasteiger partial charge in [0.15, 0.2) is 0 Å². The summed E-state index contributed by atoms with van der Waals surface area (Å²) in [5.41, 5.74) is 2.12. The molecule has 1 amide bonds. The van der Waals surface area contributed by atoms with E-state index < -0.39 is 0 Å². The molecule has 0 unspecified atom stereocenters. The van der Waals surface area contributed by atoms with Gasteiger partial charge in [-0.1, -0.05) is 72.4 Å². The first kappa shape index (κ1) is 24.5. The van der Waals surface area contributed by atoms with E-state index in [0.29, 0.717) is 17.9 Å². The monoisotopic (exact) mass is 505 g/mol. The second-order valence-electron chi connectivity index (χ2n) is 8.42. The van der Waals surface area contributed by atoms with E-state index >= 15 is 0 Å². The molecule has 0 aromatic heterocycles. The van der Waals surface area contributed by atoms with Gasteiger partial charge in [-0.05, 0) is 72.3 Å². The van der Waals surface area contributed by atoms with Crippen LogP contribution in [-0.2, 0) is 6.61 Å². The Morgan fingerprint density at radius 3 is 2.35 bits per heavy atom. The molecule has 0 heterocycles. The maximum Gasteiger partial charge on any atom is 0.255 e. The van der Waals surface area contributed by atoms with Crippen LogP contribution in [0.3, 0.4) is 0 Å². The predicted molar refractivity (Wildman–Crippen MR) is 151 cm³/mol. The Labute approximate surface area is 221 Å². The van der Waals surface area contributed by atoms with Crippen LogP contribution in [0.15, 0.2) is 125 Å². The van der Waals surface area contributed by atoms with Crippen molar-refractivity contribution in [2.24, 2.45) is 0 Å². The summed E-state index contributed by atoms with van der Waals surface area (Å²) in [7, 11) is 0. The lowest BCUT2D eigenvalue weighted by Gasteiger charge is -2.15. The summed E-state index contributed by atoms with van der Waals surface area (Å²) < 4.78 is 11.9. The zero-order valence-corrected chi connectivity index (χ0v) is 21.3. The number of amides is 1. The van der Waals surface area contributed by atoms with Crippen LogP contribution in [-0.4, -0.2) is 12.5 Å². The van der Waals surface area contributed by atoms with E-state index in [4.69, 9.17) is 9.47 Å². The summed E-state index contributed by atoms with van der Waals surface area (Å²) in [6.45, 7) is 2.75. The van der Waals surface area contributed by atoms with Crippen LogP contribution in [0.5, 0.6) is 11.5 Å². The third kappa shape index (κ3) is 6.13. The fourth-order valence-electron chi connectivity index (χ4n) is 4.02. The van der Waals surface area contributed by atoms with Gasteiger partial charge in [-0.25, -0.2) is 0 Å². The van der Waals surface area contributed by atoms with Gasteiger partial charge in [-0.15, -0.1) is 0 Å². The Morgan fingerprint density at radius 2 is 1.51 bits per heavy atom. The third-order valence-corrected chi connectivity index (χ3v) is 6.93. The average molecular weight is 506 g/mol. The quantitative estimate of drug-likeness (QED) is 0.219. The van der Waals surface area contributed by atoms with E-state index in [0.717, 1.165) is 37.6 Å². The molecule has 37 heavy (non-hydrogen) atoms. The van der Waals surface area contributed by atoms with Crippen molar-refractivity contribution in [3.8, 4) is 11.5 Å². The highest BCUT2D eigenvalue weighted by Gasteiger charge is 2.14. The van der Waals surface area contributed by atoms with Gasteiger partial charge in [-0.3, -0.25) is 4.79 Å². The van der Waals surface area contributed by atoms with Crippen LogP contribution in [0.1, 0.15) is 22.8 Å². The predicted octanol–water partition coefficient (Wildman–Crippen LogP) is 8.22. The Bertz CT molecular complexity index is 1520. The van der Waals surface area contributed by atoms with Crippen LogP contribution >= 0.6 is 11.8 Å². The normalized spacial score (nSPS) is 10.7. The zero-order chi connectivity index (χ0) is 25.5. The molecule has 184 valence electrons. The van der Waals surface area contributed by atoms with Crippen LogP contribution in [0.25, 0.3) is 10.8 Å². The average Bonchev–Trinajstić information content (AvgIpc) is 2.94. The van der Waals surface area contributed by atoms with Gasteiger partial charge in [-0.2, -0.15) is 0 Å². The molecule has 0 aliphatic rings. The first-order chi connectivity index (χ1) is 18.2. The third-order valence-electron chi connectivity index (χ3n) is 5.84. The summed E-state index contributed by atoms with van der Waals surface area (Å²) >= 11 is 1.62. The molecule has 5 aromatic carbocycles. The molecule has 0 saturated heterocycles. The Kier molecular flexibility index (Phi) is 7.72. The van der Waals surface area contributed by atoms with Crippen molar-refractivity contribution in [1.82, 2.24) is 0 Å². The first-order valence-corrected chi connectivity index (χ1v) is 13.0. The first-order valence-electron chi connectivity index (χ1n) is 12.2. The van der Waals surface area contributed by atoms with Crippen LogP contribution in [0, 0.1) is 0 Å². The minimum Gasteiger partial charge on any atom is -0.493 e. The van der Waals surface area contributed by atoms with Crippen molar-refractivity contribution < 1.29 is 14.3 Å². The number of hydrogen-bond acceptors (Lipinski definition) is 4. The van der Waals surface area contributed by atoms with Crippen LogP contribution < -0.4 is 14.8 Å². The molecule has 1 N–H and O–H groups in total. The molecule has 0 fully saturated rings. The molecular weight excluding hydrogens is 478 g/mol. The molecule has 0 spiro atoms. The number of nitrogens with one attached hydrogen (secondary N) is 1. The van der Waals surface area contributed by atoms with E-state index in [1.54, 1.807) is 17.8 Å². The second-order valence-corrected chi connectivity index (χ2v) is 9.53. The molecule has 0 aliphatic carbocycles. The maximum absolute atomic E-state index is 13.3. The lowest BCUT2D eigenvalue weighted by molar-refractivity contribution is 0.102. The number of para-hydroxylation sites is 1. The SMILES string of the molecule is CCOc1ccc(C(=O)Nc2ccccc2Sc2ccccc2)cc1COc1ccc2ccccc2c1. The van der Waals surface area contributed by atoms with Crippen molar-refractivity contribution in [2.45, 2.75) is 23.3 Å². The Morgan fingerprint density at radius 1 is 0.757 bits per heavy atom. The number of fused-ring (bicyclic) bond motifs is 1. The summed E-state index contributed by atoms with van der Waals surface area (Å²) in [4.78, 5) is 15.3. The molecule has 5 aromatic rings. The Balaban J connectivity index is 1.34. The maximum atomic E-state index is 13.3. The van der Waals surface area contributed by atoms with Gasteiger partial charge >= 0.3 is 0 Å².